The number of rotatable bonds is 5. The predicted octanol–water partition coefficient (Wildman–Crippen LogP) is 3.50. The molecule has 0 aliphatic rings. The SMILES string of the molecule is NC(CCC(=O)O)c1ccc(F)c(-c2ccccc2F)c1. The topological polar surface area (TPSA) is 63.3 Å². The molecule has 110 valence electrons. The number of benzene rings is 2. The standard InChI is InChI=1S/C16H15F2NO2/c17-13-4-2-1-3-11(13)12-9-10(5-6-14(12)18)15(19)7-8-16(20)21/h1-6,9,15H,7-8,19H2,(H,20,21). The van der Waals surface area contributed by atoms with Crippen LogP contribution < -0.4 is 5.73 Å². The molecule has 0 aliphatic carbocycles. The Morgan fingerprint density at radius 3 is 2.43 bits per heavy atom. The number of carbonyl (C=O) groups is 1. The zero-order valence-corrected chi connectivity index (χ0v) is 11.2. The van der Waals surface area contributed by atoms with Gasteiger partial charge in [-0.25, -0.2) is 8.78 Å². The lowest BCUT2D eigenvalue weighted by Gasteiger charge is -2.13. The largest absolute Gasteiger partial charge is 0.481 e. The first-order chi connectivity index (χ1) is 9.99. The van der Waals surface area contributed by atoms with Crippen molar-refractivity contribution in [3.05, 3.63) is 59.7 Å². The molecule has 0 heterocycles. The van der Waals surface area contributed by atoms with Gasteiger partial charge >= 0.3 is 5.97 Å². The van der Waals surface area contributed by atoms with Crippen molar-refractivity contribution >= 4 is 5.97 Å². The molecule has 0 radical (unpaired) electrons. The summed E-state index contributed by atoms with van der Waals surface area (Å²) in [4.78, 5) is 10.6. The van der Waals surface area contributed by atoms with Crippen LogP contribution in [-0.4, -0.2) is 11.1 Å². The molecule has 0 saturated carbocycles. The summed E-state index contributed by atoms with van der Waals surface area (Å²) in [6.45, 7) is 0. The number of nitrogens with two attached hydrogens (primary N) is 1. The minimum Gasteiger partial charge on any atom is -0.481 e. The molecule has 1 unspecified atom stereocenters. The summed E-state index contributed by atoms with van der Waals surface area (Å²) in [6.07, 6.45) is 0.158. The first-order valence-electron chi connectivity index (χ1n) is 6.50. The van der Waals surface area contributed by atoms with Crippen molar-refractivity contribution in [2.45, 2.75) is 18.9 Å². The molecule has 0 saturated heterocycles. The number of carboxylic acids is 1. The van der Waals surface area contributed by atoms with E-state index in [1.165, 1.54) is 36.4 Å². The van der Waals surface area contributed by atoms with E-state index in [1.54, 1.807) is 6.07 Å². The Morgan fingerprint density at radius 1 is 1.10 bits per heavy atom. The number of carboxylic acid groups (broad SMARTS) is 1. The second-order valence-corrected chi connectivity index (χ2v) is 4.76. The Bertz CT molecular complexity index is 658. The Labute approximate surface area is 121 Å². The molecule has 0 amide bonds. The van der Waals surface area contributed by atoms with E-state index in [0.29, 0.717) is 5.56 Å². The van der Waals surface area contributed by atoms with E-state index in [1.807, 2.05) is 0 Å². The Kier molecular flexibility index (Phi) is 4.65. The number of hydrogen-bond donors (Lipinski definition) is 2. The Balaban J connectivity index is 2.34. The molecule has 2 rings (SSSR count). The van der Waals surface area contributed by atoms with Crippen LogP contribution in [0.3, 0.4) is 0 Å². The third-order valence-electron chi connectivity index (χ3n) is 3.25. The molecule has 0 aliphatic heterocycles. The van der Waals surface area contributed by atoms with Crippen molar-refractivity contribution in [3.63, 3.8) is 0 Å². The van der Waals surface area contributed by atoms with Gasteiger partial charge < -0.3 is 10.8 Å². The van der Waals surface area contributed by atoms with E-state index in [9.17, 15) is 13.6 Å². The summed E-state index contributed by atoms with van der Waals surface area (Å²) in [6, 6.07) is 9.54. The number of aliphatic carboxylic acids is 1. The Hall–Kier alpha value is -2.27. The highest BCUT2D eigenvalue weighted by molar-refractivity contribution is 5.67. The molecule has 3 N–H and O–H groups in total. The van der Waals surface area contributed by atoms with Crippen LogP contribution in [0.1, 0.15) is 24.4 Å². The van der Waals surface area contributed by atoms with Gasteiger partial charge in [0.05, 0.1) is 0 Å². The maximum atomic E-state index is 13.9. The van der Waals surface area contributed by atoms with E-state index in [2.05, 4.69) is 0 Å². The normalized spacial score (nSPS) is 12.1. The summed E-state index contributed by atoms with van der Waals surface area (Å²) in [7, 11) is 0. The number of hydrogen-bond acceptors (Lipinski definition) is 2. The van der Waals surface area contributed by atoms with Gasteiger partial charge in [-0.05, 0) is 30.2 Å². The van der Waals surface area contributed by atoms with Crippen LogP contribution in [0, 0.1) is 11.6 Å². The second kappa shape index (κ2) is 6.45. The fourth-order valence-corrected chi connectivity index (χ4v) is 2.11. The van der Waals surface area contributed by atoms with Gasteiger partial charge in [0, 0.05) is 23.6 Å². The monoisotopic (exact) mass is 291 g/mol. The van der Waals surface area contributed by atoms with Gasteiger partial charge in [-0.15, -0.1) is 0 Å². The van der Waals surface area contributed by atoms with Crippen LogP contribution in [0.5, 0.6) is 0 Å². The first kappa shape index (κ1) is 15.1. The molecule has 0 bridgehead atoms. The molecular weight excluding hydrogens is 276 g/mol. The van der Waals surface area contributed by atoms with Gasteiger partial charge in [0.25, 0.3) is 0 Å². The average molecular weight is 291 g/mol. The summed E-state index contributed by atoms with van der Waals surface area (Å²) in [5.74, 6) is -2.01. The zero-order chi connectivity index (χ0) is 15.4. The third-order valence-corrected chi connectivity index (χ3v) is 3.25. The van der Waals surface area contributed by atoms with Crippen LogP contribution in [0.15, 0.2) is 42.5 Å². The minimum absolute atomic E-state index is 0.0758. The molecule has 5 heteroatoms. The molecule has 21 heavy (non-hydrogen) atoms. The van der Waals surface area contributed by atoms with Gasteiger partial charge in [-0.1, -0.05) is 24.3 Å². The van der Waals surface area contributed by atoms with Gasteiger partial charge in [-0.3, -0.25) is 4.79 Å². The van der Waals surface area contributed by atoms with Gasteiger partial charge in [0.15, 0.2) is 0 Å². The average Bonchev–Trinajstić information content (AvgIpc) is 2.46. The lowest BCUT2D eigenvalue weighted by Crippen LogP contribution is -2.12. The summed E-state index contributed by atoms with van der Waals surface area (Å²) < 4.78 is 27.7. The highest BCUT2D eigenvalue weighted by atomic mass is 19.1. The molecule has 2 aromatic carbocycles. The maximum absolute atomic E-state index is 13.9. The van der Waals surface area contributed by atoms with Crippen molar-refractivity contribution in [1.82, 2.24) is 0 Å². The van der Waals surface area contributed by atoms with Crippen LogP contribution >= 0.6 is 0 Å². The van der Waals surface area contributed by atoms with Crippen LogP contribution in [0.4, 0.5) is 8.78 Å². The van der Waals surface area contributed by atoms with Gasteiger partial charge in [0.2, 0.25) is 0 Å². The maximum Gasteiger partial charge on any atom is 0.303 e. The molecule has 2 aromatic rings. The fourth-order valence-electron chi connectivity index (χ4n) is 2.11. The van der Waals surface area contributed by atoms with E-state index in [0.717, 1.165) is 0 Å². The van der Waals surface area contributed by atoms with Crippen molar-refractivity contribution in [2.24, 2.45) is 5.73 Å². The Morgan fingerprint density at radius 2 is 1.76 bits per heavy atom. The predicted molar refractivity (Wildman–Crippen MR) is 75.6 cm³/mol. The highest BCUT2D eigenvalue weighted by Gasteiger charge is 2.14. The molecule has 0 fully saturated rings. The smallest absolute Gasteiger partial charge is 0.303 e. The van der Waals surface area contributed by atoms with E-state index >= 15 is 0 Å². The first-order valence-corrected chi connectivity index (χ1v) is 6.50. The van der Waals surface area contributed by atoms with Gasteiger partial charge in [-0.2, -0.15) is 0 Å². The molecular formula is C16H15F2NO2. The van der Waals surface area contributed by atoms with Crippen molar-refractivity contribution in [3.8, 4) is 11.1 Å². The van der Waals surface area contributed by atoms with E-state index < -0.39 is 23.6 Å². The summed E-state index contributed by atoms with van der Waals surface area (Å²) in [5.41, 5.74) is 6.75. The number of halogens is 2. The minimum atomic E-state index is -0.943. The van der Waals surface area contributed by atoms with Crippen molar-refractivity contribution in [1.29, 1.82) is 0 Å². The zero-order valence-electron chi connectivity index (χ0n) is 11.2. The van der Waals surface area contributed by atoms with Gasteiger partial charge in [0.1, 0.15) is 11.6 Å². The third kappa shape index (κ3) is 3.64. The molecule has 0 spiro atoms. The second-order valence-electron chi connectivity index (χ2n) is 4.76. The molecule has 3 nitrogen and oxygen atoms in total. The van der Waals surface area contributed by atoms with E-state index in [4.69, 9.17) is 10.8 Å². The van der Waals surface area contributed by atoms with E-state index in [-0.39, 0.29) is 24.0 Å². The molecule has 1 atom stereocenters. The molecule has 0 aromatic heterocycles. The highest BCUT2D eigenvalue weighted by Crippen LogP contribution is 2.28. The van der Waals surface area contributed by atoms with Crippen LogP contribution in [0.25, 0.3) is 11.1 Å². The fraction of sp³-hybridized carbons (Fsp3) is 0.188. The lowest BCUT2D eigenvalue weighted by atomic mass is 9.97. The van der Waals surface area contributed by atoms with Crippen LogP contribution in [0.2, 0.25) is 0 Å². The summed E-state index contributed by atoms with van der Waals surface area (Å²) in [5, 5.41) is 8.66. The quantitative estimate of drug-likeness (QED) is 0.886. The summed E-state index contributed by atoms with van der Waals surface area (Å²) >= 11 is 0. The van der Waals surface area contributed by atoms with Crippen LogP contribution in [-0.2, 0) is 4.79 Å². The van der Waals surface area contributed by atoms with Crippen molar-refractivity contribution < 1.29 is 18.7 Å². The van der Waals surface area contributed by atoms with Crippen molar-refractivity contribution in [2.75, 3.05) is 0 Å². The lowest BCUT2D eigenvalue weighted by molar-refractivity contribution is -0.137.